The van der Waals surface area contributed by atoms with Crippen molar-refractivity contribution in [3.8, 4) is 0 Å². The van der Waals surface area contributed by atoms with Gasteiger partial charge in [-0.1, -0.05) is 13.0 Å². The van der Waals surface area contributed by atoms with Gasteiger partial charge in [0.15, 0.2) is 0 Å². The normalized spacial score (nSPS) is 13.1. The van der Waals surface area contributed by atoms with Crippen molar-refractivity contribution in [3.63, 3.8) is 0 Å². The lowest BCUT2D eigenvalue weighted by molar-refractivity contribution is 0.910. The summed E-state index contributed by atoms with van der Waals surface area (Å²) in [4.78, 5) is 1.49. The van der Waals surface area contributed by atoms with Gasteiger partial charge in [-0.15, -0.1) is 22.9 Å². The molecule has 0 aliphatic carbocycles. The number of thiophene rings is 1. The molecule has 0 spiro atoms. The minimum atomic E-state index is 0.706. The number of thioether (sulfide) groups is 1. The van der Waals surface area contributed by atoms with Crippen molar-refractivity contribution >= 4 is 34.7 Å². The zero-order valence-corrected chi connectivity index (χ0v) is 10.2. The quantitative estimate of drug-likeness (QED) is 0.670. The fourth-order valence-corrected chi connectivity index (χ4v) is 3.37. The number of alkyl halides is 1. The van der Waals surface area contributed by atoms with E-state index in [1.165, 1.54) is 17.1 Å². The second-order valence-corrected chi connectivity index (χ2v) is 5.94. The molecule has 0 nitrogen and oxygen atoms in total. The van der Waals surface area contributed by atoms with Crippen LogP contribution in [0.1, 0.15) is 18.2 Å². The summed E-state index contributed by atoms with van der Waals surface area (Å²) >= 11 is 9.53. The fraction of sp³-hybridized carbons (Fsp3) is 0.600. The monoisotopic (exact) mass is 234 g/mol. The Morgan fingerprint density at radius 2 is 2.46 bits per heavy atom. The first-order chi connectivity index (χ1) is 6.33. The molecular formula is C10H15ClS2. The Morgan fingerprint density at radius 1 is 1.62 bits per heavy atom. The van der Waals surface area contributed by atoms with Crippen LogP contribution in [-0.4, -0.2) is 16.9 Å². The van der Waals surface area contributed by atoms with Gasteiger partial charge in [0.1, 0.15) is 0 Å². The topological polar surface area (TPSA) is 0 Å². The van der Waals surface area contributed by atoms with Crippen LogP contribution in [0, 0.1) is 0 Å². The Bertz CT molecular complexity index is 209. The molecule has 0 saturated heterocycles. The van der Waals surface area contributed by atoms with Gasteiger partial charge in [-0.2, -0.15) is 11.8 Å². The largest absolute Gasteiger partial charge is 0.158 e. The lowest BCUT2D eigenvalue weighted by atomic mass is 10.4. The molecule has 0 radical (unpaired) electrons. The van der Waals surface area contributed by atoms with Crippen molar-refractivity contribution in [3.05, 3.63) is 22.4 Å². The van der Waals surface area contributed by atoms with Crippen molar-refractivity contribution in [2.24, 2.45) is 0 Å². The molecule has 0 aromatic carbocycles. The highest BCUT2D eigenvalue weighted by Gasteiger charge is 2.01. The molecule has 0 amide bonds. The van der Waals surface area contributed by atoms with Gasteiger partial charge in [0.2, 0.25) is 0 Å². The van der Waals surface area contributed by atoms with Crippen LogP contribution < -0.4 is 0 Å². The van der Waals surface area contributed by atoms with Gasteiger partial charge in [0.25, 0.3) is 0 Å². The maximum absolute atomic E-state index is 5.66. The molecule has 1 rings (SSSR count). The minimum Gasteiger partial charge on any atom is -0.158 e. The van der Waals surface area contributed by atoms with E-state index in [4.69, 9.17) is 11.6 Å². The van der Waals surface area contributed by atoms with Crippen molar-refractivity contribution in [2.45, 2.75) is 25.0 Å². The van der Waals surface area contributed by atoms with Crippen molar-refractivity contribution in [1.29, 1.82) is 0 Å². The molecule has 1 aromatic heterocycles. The summed E-state index contributed by atoms with van der Waals surface area (Å²) in [6.45, 7) is 2.25. The van der Waals surface area contributed by atoms with Crippen LogP contribution in [-0.2, 0) is 6.42 Å². The predicted molar refractivity (Wildman–Crippen MR) is 65.3 cm³/mol. The van der Waals surface area contributed by atoms with Crippen LogP contribution in [0.15, 0.2) is 17.5 Å². The predicted octanol–water partition coefficient (Wildman–Crippen LogP) is 4.04. The molecule has 0 saturated carbocycles. The third-order valence-electron chi connectivity index (χ3n) is 1.85. The molecule has 1 unspecified atom stereocenters. The number of hydrogen-bond donors (Lipinski definition) is 0. The Labute approximate surface area is 93.7 Å². The van der Waals surface area contributed by atoms with E-state index >= 15 is 0 Å². The number of rotatable bonds is 6. The number of halogens is 1. The molecule has 0 aliphatic rings. The van der Waals surface area contributed by atoms with Crippen molar-refractivity contribution in [2.75, 3.05) is 11.6 Å². The standard InChI is InChI=1S/C10H15ClS2/c1-9(4-6-11)12-8-5-10-3-2-7-13-10/h2-3,7,9H,4-6,8H2,1H3. The van der Waals surface area contributed by atoms with Crippen LogP contribution in [0.5, 0.6) is 0 Å². The highest BCUT2D eigenvalue weighted by Crippen LogP contribution is 2.18. The Kier molecular flexibility index (Phi) is 5.92. The summed E-state index contributed by atoms with van der Waals surface area (Å²) in [6.07, 6.45) is 2.33. The Morgan fingerprint density at radius 3 is 3.08 bits per heavy atom. The zero-order valence-electron chi connectivity index (χ0n) is 7.83. The van der Waals surface area contributed by atoms with Crippen LogP contribution in [0.4, 0.5) is 0 Å². The smallest absolute Gasteiger partial charge is 0.0233 e. The van der Waals surface area contributed by atoms with E-state index < -0.39 is 0 Å². The fourth-order valence-electron chi connectivity index (χ4n) is 1.05. The SMILES string of the molecule is CC(CCCl)SCCc1cccs1. The molecule has 0 bridgehead atoms. The second kappa shape index (κ2) is 6.74. The maximum Gasteiger partial charge on any atom is 0.0233 e. The summed E-state index contributed by atoms with van der Waals surface area (Å²) in [5.41, 5.74) is 0. The van der Waals surface area contributed by atoms with E-state index in [2.05, 4.69) is 24.4 Å². The first-order valence-corrected chi connectivity index (χ1v) is 6.99. The highest BCUT2D eigenvalue weighted by atomic mass is 35.5. The molecule has 0 fully saturated rings. The van der Waals surface area contributed by atoms with Crippen LogP contribution >= 0.6 is 34.7 Å². The van der Waals surface area contributed by atoms with Crippen LogP contribution in [0.25, 0.3) is 0 Å². The van der Waals surface area contributed by atoms with Gasteiger partial charge in [-0.05, 0) is 30.0 Å². The second-order valence-electron chi connectivity index (χ2n) is 2.99. The van der Waals surface area contributed by atoms with E-state index in [0.717, 1.165) is 12.3 Å². The van der Waals surface area contributed by atoms with Gasteiger partial charge in [0.05, 0.1) is 0 Å². The van der Waals surface area contributed by atoms with Gasteiger partial charge >= 0.3 is 0 Å². The number of aryl methyl sites for hydroxylation is 1. The molecule has 0 N–H and O–H groups in total. The molecule has 0 aliphatic heterocycles. The maximum atomic E-state index is 5.66. The van der Waals surface area contributed by atoms with Gasteiger partial charge in [-0.3, -0.25) is 0 Å². The van der Waals surface area contributed by atoms with Crippen LogP contribution in [0.2, 0.25) is 0 Å². The van der Waals surface area contributed by atoms with Crippen LogP contribution in [0.3, 0.4) is 0 Å². The van der Waals surface area contributed by atoms with E-state index in [-0.39, 0.29) is 0 Å². The zero-order chi connectivity index (χ0) is 9.52. The Hall–Kier alpha value is 0.340. The molecule has 1 heterocycles. The highest BCUT2D eigenvalue weighted by molar-refractivity contribution is 7.99. The van der Waals surface area contributed by atoms with Crippen molar-refractivity contribution in [1.82, 2.24) is 0 Å². The molecular weight excluding hydrogens is 220 g/mol. The summed E-state index contributed by atoms with van der Waals surface area (Å²) < 4.78 is 0. The summed E-state index contributed by atoms with van der Waals surface area (Å²) in [5, 5.41) is 2.85. The lowest BCUT2D eigenvalue weighted by Crippen LogP contribution is -1.99. The molecule has 1 aromatic rings. The third-order valence-corrected chi connectivity index (χ3v) is 4.25. The van der Waals surface area contributed by atoms with Gasteiger partial charge in [-0.25, -0.2) is 0 Å². The first kappa shape index (κ1) is 11.4. The van der Waals surface area contributed by atoms with E-state index in [1.54, 1.807) is 0 Å². The molecule has 13 heavy (non-hydrogen) atoms. The summed E-state index contributed by atoms with van der Waals surface area (Å²) in [5.74, 6) is 2.01. The van der Waals surface area contributed by atoms with Gasteiger partial charge < -0.3 is 0 Å². The van der Waals surface area contributed by atoms with E-state index in [0.29, 0.717) is 5.25 Å². The van der Waals surface area contributed by atoms with E-state index in [1.807, 2.05) is 23.1 Å². The van der Waals surface area contributed by atoms with Crippen molar-refractivity contribution < 1.29 is 0 Å². The Balaban J connectivity index is 2.07. The van der Waals surface area contributed by atoms with Gasteiger partial charge in [0, 0.05) is 16.0 Å². The third kappa shape index (κ3) is 4.94. The molecule has 1 atom stereocenters. The summed E-state index contributed by atoms with van der Waals surface area (Å²) in [6, 6.07) is 4.32. The number of hydrogen-bond acceptors (Lipinski definition) is 2. The first-order valence-electron chi connectivity index (χ1n) is 4.53. The lowest BCUT2D eigenvalue weighted by Gasteiger charge is -2.07. The minimum absolute atomic E-state index is 0.706. The average Bonchev–Trinajstić information content (AvgIpc) is 2.57. The average molecular weight is 235 g/mol. The van der Waals surface area contributed by atoms with E-state index in [9.17, 15) is 0 Å². The molecule has 3 heteroatoms. The summed E-state index contributed by atoms with van der Waals surface area (Å²) in [7, 11) is 0. The molecule has 74 valence electrons.